The van der Waals surface area contributed by atoms with E-state index >= 15 is 0 Å². The Bertz CT molecular complexity index is 577. The van der Waals surface area contributed by atoms with Crippen LogP contribution in [0.1, 0.15) is 6.92 Å². The Morgan fingerprint density at radius 1 is 1.40 bits per heavy atom. The van der Waals surface area contributed by atoms with Crippen LogP contribution < -0.4 is 27.6 Å². The van der Waals surface area contributed by atoms with Crippen LogP contribution in [0.15, 0.2) is 9.59 Å². The molecule has 0 aromatic carbocycles. The highest BCUT2D eigenvalue weighted by Crippen LogP contribution is 2.08. The van der Waals surface area contributed by atoms with E-state index < -0.39 is 11.2 Å². The molecule has 0 spiro atoms. The van der Waals surface area contributed by atoms with Gasteiger partial charge >= 0.3 is 5.69 Å². The number of nitrogen functional groups attached to an aromatic ring is 1. The second kappa shape index (κ2) is 7.34. The maximum atomic E-state index is 11.7. The zero-order chi connectivity index (χ0) is 15.1. The van der Waals surface area contributed by atoms with Crippen LogP contribution >= 0.6 is 0 Å². The fourth-order valence-electron chi connectivity index (χ4n) is 1.59. The van der Waals surface area contributed by atoms with E-state index in [4.69, 9.17) is 10.5 Å². The van der Waals surface area contributed by atoms with E-state index in [0.29, 0.717) is 19.7 Å². The highest BCUT2D eigenvalue weighted by atomic mass is 16.5. The first-order chi connectivity index (χ1) is 9.47. The van der Waals surface area contributed by atoms with Gasteiger partial charge in [0, 0.05) is 27.1 Å². The number of hydrogen-bond donors (Lipinski definition) is 4. The number of carbonyl (C=O) groups is 1. The van der Waals surface area contributed by atoms with Gasteiger partial charge in [-0.05, 0) is 0 Å². The number of aromatic amines is 1. The van der Waals surface area contributed by atoms with Gasteiger partial charge in [0.15, 0.2) is 0 Å². The zero-order valence-corrected chi connectivity index (χ0v) is 11.5. The van der Waals surface area contributed by atoms with Crippen molar-refractivity contribution in [2.24, 2.45) is 0 Å². The first-order valence-electron chi connectivity index (χ1n) is 6.07. The van der Waals surface area contributed by atoms with E-state index in [-0.39, 0.29) is 24.0 Å². The number of carbonyl (C=O) groups excluding carboxylic acids is 1. The molecule has 0 saturated heterocycles. The summed E-state index contributed by atoms with van der Waals surface area (Å²) in [6, 6.07) is 0. The van der Waals surface area contributed by atoms with E-state index in [2.05, 4.69) is 15.6 Å². The molecule has 1 aromatic heterocycles. The predicted octanol–water partition coefficient (Wildman–Crippen LogP) is -1.69. The van der Waals surface area contributed by atoms with Gasteiger partial charge < -0.3 is 21.1 Å². The number of nitrogens with two attached hydrogens (primary N) is 1. The van der Waals surface area contributed by atoms with Gasteiger partial charge in [0.2, 0.25) is 5.91 Å². The van der Waals surface area contributed by atoms with Gasteiger partial charge in [-0.15, -0.1) is 0 Å². The van der Waals surface area contributed by atoms with Crippen molar-refractivity contribution in [3.05, 3.63) is 20.8 Å². The number of H-pyrrole nitrogens is 1. The minimum Gasteiger partial charge on any atom is -0.383 e. The van der Waals surface area contributed by atoms with Crippen LogP contribution in [0, 0.1) is 0 Å². The average Bonchev–Trinajstić information content (AvgIpc) is 2.37. The van der Waals surface area contributed by atoms with Crippen molar-refractivity contribution >= 4 is 17.4 Å². The minimum absolute atomic E-state index is 0.0404. The summed E-state index contributed by atoms with van der Waals surface area (Å²) >= 11 is 0. The molecule has 1 heterocycles. The Kier molecular flexibility index (Phi) is 5.78. The van der Waals surface area contributed by atoms with Crippen LogP contribution in [-0.4, -0.2) is 42.3 Å². The van der Waals surface area contributed by atoms with Crippen molar-refractivity contribution in [2.75, 3.05) is 37.9 Å². The molecule has 5 N–H and O–H groups in total. The molecular weight excluding hydrogens is 266 g/mol. The number of anilines is 2. The zero-order valence-electron chi connectivity index (χ0n) is 11.5. The maximum Gasteiger partial charge on any atom is 0.330 e. The van der Waals surface area contributed by atoms with Crippen molar-refractivity contribution in [1.29, 1.82) is 0 Å². The summed E-state index contributed by atoms with van der Waals surface area (Å²) in [5.74, 6) is -0.127. The molecule has 9 heteroatoms. The Labute approximate surface area is 115 Å². The Morgan fingerprint density at radius 2 is 2.10 bits per heavy atom. The minimum atomic E-state index is -0.594. The topological polar surface area (TPSA) is 131 Å². The summed E-state index contributed by atoms with van der Waals surface area (Å²) in [6.45, 7) is 2.58. The van der Waals surface area contributed by atoms with Crippen molar-refractivity contribution in [3.63, 3.8) is 0 Å². The molecule has 0 fully saturated rings. The summed E-state index contributed by atoms with van der Waals surface area (Å²) in [7, 11) is 1.50. The molecule has 20 heavy (non-hydrogen) atoms. The second-order valence-electron chi connectivity index (χ2n) is 4.07. The lowest BCUT2D eigenvalue weighted by Crippen LogP contribution is -2.36. The number of nitrogens with zero attached hydrogens (tertiary/aromatic N) is 1. The van der Waals surface area contributed by atoms with E-state index in [1.54, 1.807) is 0 Å². The molecule has 1 rings (SSSR count). The van der Waals surface area contributed by atoms with Crippen LogP contribution in [0.3, 0.4) is 0 Å². The fraction of sp³-hybridized carbons (Fsp3) is 0.545. The highest BCUT2D eigenvalue weighted by molar-refractivity contribution is 5.72. The molecule has 0 radical (unpaired) electrons. The summed E-state index contributed by atoms with van der Waals surface area (Å²) in [5.41, 5.74) is 4.73. The fourth-order valence-corrected chi connectivity index (χ4v) is 1.59. The van der Waals surface area contributed by atoms with Gasteiger partial charge in [0.05, 0.1) is 13.2 Å². The predicted molar refractivity (Wildman–Crippen MR) is 74.8 cm³/mol. The molecule has 112 valence electrons. The van der Waals surface area contributed by atoms with E-state index in [1.165, 1.54) is 18.6 Å². The first-order valence-corrected chi connectivity index (χ1v) is 6.07. The molecule has 0 bridgehead atoms. The van der Waals surface area contributed by atoms with Gasteiger partial charge in [0.25, 0.3) is 5.56 Å². The van der Waals surface area contributed by atoms with Crippen molar-refractivity contribution in [3.8, 4) is 0 Å². The van der Waals surface area contributed by atoms with Crippen LogP contribution in [0.4, 0.5) is 11.5 Å². The molecule has 0 aliphatic rings. The summed E-state index contributed by atoms with van der Waals surface area (Å²) in [4.78, 5) is 36.2. The third-order valence-electron chi connectivity index (χ3n) is 2.56. The number of methoxy groups -OCH3 is 1. The summed E-state index contributed by atoms with van der Waals surface area (Å²) in [6.07, 6.45) is 0. The van der Waals surface area contributed by atoms with Crippen molar-refractivity contribution in [1.82, 2.24) is 14.9 Å². The lowest BCUT2D eigenvalue weighted by molar-refractivity contribution is -0.118. The smallest absolute Gasteiger partial charge is 0.330 e. The summed E-state index contributed by atoms with van der Waals surface area (Å²) in [5, 5.41) is 5.37. The van der Waals surface area contributed by atoms with Crippen LogP contribution in [0.25, 0.3) is 0 Å². The first kappa shape index (κ1) is 15.8. The molecule has 9 nitrogen and oxygen atoms in total. The molecule has 0 saturated carbocycles. The van der Waals surface area contributed by atoms with Crippen LogP contribution in [-0.2, 0) is 16.1 Å². The van der Waals surface area contributed by atoms with Gasteiger partial charge in [0.1, 0.15) is 11.5 Å². The Balaban J connectivity index is 2.87. The normalized spacial score (nSPS) is 10.3. The SMILES string of the molecule is COCCn1c(N)c(NCCNC(C)=O)c(=O)[nH]c1=O. The summed E-state index contributed by atoms with van der Waals surface area (Å²) < 4.78 is 6.09. The van der Waals surface area contributed by atoms with E-state index in [9.17, 15) is 14.4 Å². The number of nitrogens with one attached hydrogen (secondary N) is 3. The third kappa shape index (κ3) is 4.12. The molecule has 0 aliphatic carbocycles. The van der Waals surface area contributed by atoms with Gasteiger partial charge in [-0.25, -0.2) is 4.79 Å². The molecule has 0 atom stereocenters. The highest BCUT2D eigenvalue weighted by Gasteiger charge is 2.11. The average molecular weight is 285 g/mol. The quantitative estimate of drug-likeness (QED) is 0.442. The molecule has 0 aliphatic heterocycles. The molecular formula is C11H19N5O4. The van der Waals surface area contributed by atoms with Crippen molar-refractivity contribution in [2.45, 2.75) is 13.5 Å². The number of hydrogen-bond acceptors (Lipinski definition) is 6. The van der Waals surface area contributed by atoms with Crippen LogP contribution in [0.2, 0.25) is 0 Å². The van der Waals surface area contributed by atoms with E-state index in [1.807, 2.05) is 0 Å². The monoisotopic (exact) mass is 285 g/mol. The number of aromatic nitrogens is 2. The van der Waals surface area contributed by atoms with Crippen LogP contribution in [0.5, 0.6) is 0 Å². The van der Waals surface area contributed by atoms with Crippen molar-refractivity contribution < 1.29 is 9.53 Å². The number of rotatable bonds is 7. The largest absolute Gasteiger partial charge is 0.383 e. The third-order valence-corrected chi connectivity index (χ3v) is 2.56. The standard InChI is InChI=1S/C11H19N5O4/c1-7(17)13-3-4-14-8-9(12)16(5-6-20-2)11(19)15-10(8)18/h14H,3-6,12H2,1-2H3,(H,13,17)(H,15,18,19). The molecule has 1 amide bonds. The number of amides is 1. The Morgan fingerprint density at radius 3 is 2.70 bits per heavy atom. The molecule has 0 unspecified atom stereocenters. The van der Waals surface area contributed by atoms with Gasteiger partial charge in [-0.3, -0.25) is 19.1 Å². The Hall–Kier alpha value is -2.29. The lowest BCUT2D eigenvalue weighted by Gasteiger charge is -2.13. The maximum absolute atomic E-state index is 11.7. The van der Waals surface area contributed by atoms with E-state index in [0.717, 1.165) is 0 Å². The number of ether oxygens (including phenoxy) is 1. The molecule has 1 aromatic rings. The second-order valence-corrected chi connectivity index (χ2v) is 4.07. The van der Waals surface area contributed by atoms with Gasteiger partial charge in [-0.1, -0.05) is 0 Å². The lowest BCUT2D eigenvalue weighted by atomic mass is 10.4. The van der Waals surface area contributed by atoms with Gasteiger partial charge in [-0.2, -0.15) is 0 Å².